The van der Waals surface area contributed by atoms with Crippen LogP contribution in [0.4, 0.5) is 0 Å². The molecule has 2 heterocycles. The van der Waals surface area contributed by atoms with E-state index in [2.05, 4.69) is 5.32 Å². The van der Waals surface area contributed by atoms with E-state index in [-0.39, 0.29) is 0 Å². The zero-order valence-electron chi connectivity index (χ0n) is 11.9. The van der Waals surface area contributed by atoms with Gasteiger partial charge in [-0.1, -0.05) is 12.8 Å². The largest absolute Gasteiger partial charge is 0.381 e. The van der Waals surface area contributed by atoms with E-state index in [1.54, 1.807) is 0 Å². The molecule has 0 amide bonds. The third-order valence-electron chi connectivity index (χ3n) is 4.13. The number of ketones is 1. The number of thioether (sulfide) groups is 1. The van der Waals surface area contributed by atoms with Crippen molar-refractivity contribution >= 4 is 17.5 Å². The Morgan fingerprint density at radius 3 is 2.84 bits per heavy atom. The first kappa shape index (κ1) is 15.3. The van der Waals surface area contributed by atoms with Crippen LogP contribution >= 0.6 is 11.8 Å². The molecule has 2 rings (SSSR count). The van der Waals surface area contributed by atoms with Gasteiger partial charge < -0.3 is 10.1 Å². The third-order valence-corrected chi connectivity index (χ3v) is 5.26. The number of carbonyl (C=O) groups is 1. The molecule has 0 aliphatic carbocycles. The molecule has 0 aromatic carbocycles. The molecule has 0 radical (unpaired) electrons. The molecule has 0 spiro atoms. The molecule has 0 bridgehead atoms. The highest BCUT2D eigenvalue weighted by molar-refractivity contribution is 7.99. The van der Waals surface area contributed by atoms with Crippen molar-refractivity contribution < 1.29 is 9.53 Å². The van der Waals surface area contributed by atoms with Crippen molar-refractivity contribution in [1.82, 2.24) is 5.32 Å². The van der Waals surface area contributed by atoms with Crippen molar-refractivity contribution in [3.05, 3.63) is 0 Å². The number of rotatable bonds is 7. The standard InChI is InChI=1S/C15H27NO2S/c17-15(11-14-12-19-10-7-16-14)4-2-1-3-13-5-8-18-9-6-13/h13-14,16H,1-12H2. The van der Waals surface area contributed by atoms with Gasteiger partial charge in [0.25, 0.3) is 0 Å². The van der Waals surface area contributed by atoms with Gasteiger partial charge in [0.05, 0.1) is 0 Å². The molecule has 2 aliphatic heterocycles. The Bertz CT molecular complexity index is 261. The summed E-state index contributed by atoms with van der Waals surface area (Å²) in [5.74, 6) is 3.59. The van der Waals surface area contributed by atoms with Gasteiger partial charge in [0, 0.05) is 50.1 Å². The van der Waals surface area contributed by atoms with Gasteiger partial charge in [-0.05, 0) is 25.2 Å². The lowest BCUT2D eigenvalue weighted by Crippen LogP contribution is -2.38. The van der Waals surface area contributed by atoms with Crippen molar-refractivity contribution in [1.29, 1.82) is 0 Å². The number of hydrogen-bond acceptors (Lipinski definition) is 4. The van der Waals surface area contributed by atoms with Gasteiger partial charge in [0.2, 0.25) is 0 Å². The highest BCUT2D eigenvalue weighted by Crippen LogP contribution is 2.21. The molecule has 3 nitrogen and oxygen atoms in total. The molecule has 1 atom stereocenters. The molecule has 2 saturated heterocycles. The van der Waals surface area contributed by atoms with Crippen molar-refractivity contribution in [3.8, 4) is 0 Å². The summed E-state index contributed by atoms with van der Waals surface area (Å²) in [5, 5.41) is 3.44. The van der Waals surface area contributed by atoms with Gasteiger partial charge in [-0.2, -0.15) is 11.8 Å². The Balaban J connectivity index is 1.48. The summed E-state index contributed by atoms with van der Waals surface area (Å²) >= 11 is 1.97. The Kier molecular flexibility index (Phi) is 7.25. The van der Waals surface area contributed by atoms with Gasteiger partial charge in [0.1, 0.15) is 5.78 Å². The maximum Gasteiger partial charge on any atom is 0.134 e. The zero-order valence-corrected chi connectivity index (χ0v) is 12.7. The molecular weight excluding hydrogens is 258 g/mol. The smallest absolute Gasteiger partial charge is 0.134 e. The van der Waals surface area contributed by atoms with E-state index in [0.717, 1.165) is 50.7 Å². The molecule has 110 valence electrons. The van der Waals surface area contributed by atoms with E-state index in [9.17, 15) is 4.79 Å². The lowest BCUT2D eigenvalue weighted by Gasteiger charge is -2.23. The van der Waals surface area contributed by atoms with E-state index in [0.29, 0.717) is 11.8 Å². The van der Waals surface area contributed by atoms with Crippen molar-refractivity contribution in [3.63, 3.8) is 0 Å². The van der Waals surface area contributed by atoms with Crippen LogP contribution in [0.1, 0.15) is 44.9 Å². The Labute approximate surface area is 121 Å². The average Bonchev–Trinajstić information content (AvgIpc) is 2.46. The van der Waals surface area contributed by atoms with E-state index in [1.165, 1.54) is 31.4 Å². The maximum atomic E-state index is 11.9. The van der Waals surface area contributed by atoms with Crippen LogP contribution in [0.3, 0.4) is 0 Å². The maximum absolute atomic E-state index is 11.9. The second-order valence-electron chi connectivity index (χ2n) is 5.77. The van der Waals surface area contributed by atoms with Crippen LogP contribution in [-0.2, 0) is 9.53 Å². The first-order valence-electron chi connectivity index (χ1n) is 7.75. The van der Waals surface area contributed by atoms with Crippen molar-refractivity contribution in [2.75, 3.05) is 31.3 Å². The highest BCUT2D eigenvalue weighted by Gasteiger charge is 2.17. The number of carbonyl (C=O) groups excluding carboxylic acids is 1. The van der Waals surface area contributed by atoms with E-state index < -0.39 is 0 Å². The van der Waals surface area contributed by atoms with Crippen LogP contribution in [0.25, 0.3) is 0 Å². The summed E-state index contributed by atoms with van der Waals surface area (Å²) in [7, 11) is 0. The molecule has 0 aromatic heterocycles. The van der Waals surface area contributed by atoms with Crippen LogP contribution in [0.2, 0.25) is 0 Å². The van der Waals surface area contributed by atoms with Crippen LogP contribution in [-0.4, -0.2) is 43.1 Å². The molecule has 1 unspecified atom stereocenters. The number of hydrogen-bond donors (Lipinski definition) is 1. The van der Waals surface area contributed by atoms with Gasteiger partial charge >= 0.3 is 0 Å². The molecule has 2 aliphatic rings. The predicted octanol–water partition coefficient (Wildman–Crippen LogP) is 2.64. The minimum absolute atomic E-state index is 0.432. The quantitative estimate of drug-likeness (QED) is 0.730. The van der Waals surface area contributed by atoms with Crippen LogP contribution in [0, 0.1) is 5.92 Å². The molecule has 4 heteroatoms. The molecule has 0 saturated carbocycles. The van der Waals surface area contributed by atoms with E-state index >= 15 is 0 Å². The van der Waals surface area contributed by atoms with Crippen molar-refractivity contribution in [2.45, 2.75) is 51.0 Å². The van der Waals surface area contributed by atoms with Crippen LogP contribution in [0.15, 0.2) is 0 Å². The predicted molar refractivity (Wildman–Crippen MR) is 80.8 cm³/mol. The minimum Gasteiger partial charge on any atom is -0.381 e. The fourth-order valence-electron chi connectivity index (χ4n) is 2.92. The lowest BCUT2D eigenvalue weighted by atomic mass is 9.93. The summed E-state index contributed by atoms with van der Waals surface area (Å²) in [4.78, 5) is 11.9. The SMILES string of the molecule is O=C(CCCCC1CCOCC1)CC1CSCCN1. The Hall–Kier alpha value is -0.0600. The number of Topliss-reactive ketones (excluding diaryl/α,β-unsaturated/α-hetero) is 1. The van der Waals surface area contributed by atoms with Gasteiger partial charge in [0.15, 0.2) is 0 Å². The second-order valence-corrected chi connectivity index (χ2v) is 6.92. The van der Waals surface area contributed by atoms with Crippen molar-refractivity contribution in [2.24, 2.45) is 5.92 Å². The third kappa shape index (κ3) is 6.28. The van der Waals surface area contributed by atoms with Crippen LogP contribution in [0.5, 0.6) is 0 Å². The van der Waals surface area contributed by atoms with Crippen LogP contribution < -0.4 is 5.32 Å². The Morgan fingerprint density at radius 2 is 2.11 bits per heavy atom. The number of unbranched alkanes of at least 4 members (excludes halogenated alkanes) is 1. The highest BCUT2D eigenvalue weighted by atomic mass is 32.2. The normalized spacial score (nSPS) is 25.4. The van der Waals surface area contributed by atoms with Gasteiger partial charge in [-0.25, -0.2) is 0 Å². The lowest BCUT2D eigenvalue weighted by molar-refractivity contribution is -0.119. The second kappa shape index (κ2) is 8.98. The molecule has 2 fully saturated rings. The average molecular weight is 285 g/mol. The van der Waals surface area contributed by atoms with Gasteiger partial charge in [-0.3, -0.25) is 4.79 Å². The summed E-state index contributed by atoms with van der Waals surface area (Å²) in [5.41, 5.74) is 0. The molecule has 19 heavy (non-hydrogen) atoms. The summed E-state index contributed by atoms with van der Waals surface area (Å²) in [6.07, 6.45) is 7.54. The minimum atomic E-state index is 0.432. The molecular formula is C15H27NO2S. The summed E-state index contributed by atoms with van der Waals surface area (Å²) < 4.78 is 5.37. The topological polar surface area (TPSA) is 38.3 Å². The fraction of sp³-hybridized carbons (Fsp3) is 0.933. The molecule has 1 N–H and O–H groups in total. The summed E-state index contributed by atoms with van der Waals surface area (Å²) in [6, 6.07) is 0.432. The fourth-order valence-corrected chi connectivity index (χ4v) is 3.87. The molecule has 0 aromatic rings. The monoisotopic (exact) mass is 285 g/mol. The first-order valence-corrected chi connectivity index (χ1v) is 8.90. The number of nitrogens with one attached hydrogen (secondary N) is 1. The van der Waals surface area contributed by atoms with E-state index in [1.807, 2.05) is 11.8 Å². The summed E-state index contributed by atoms with van der Waals surface area (Å²) in [6.45, 7) is 2.94. The Morgan fingerprint density at radius 1 is 1.26 bits per heavy atom. The van der Waals surface area contributed by atoms with E-state index in [4.69, 9.17) is 4.74 Å². The first-order chi connectivity index (χ1) is 9.34. The zero-order chi connectivity index (χ0) is 13.3. The number of ether oxygens (including phenoxy) is 1. The van der Waals surface area contributed by atoms with Gasteiger partial charge in [-0.15, -0.1) is 0 Å².